The van der Waals surface area contributed by atoms with Gasteiger partial charge in [0.2, 0.25) is 13.3 Å². The molecule has 2 unspecified atom stereocenters. The summed E-state index contributed by atoms with van der Waals surface area (Å²) in [5.74, 6) is -0.239. The van der Waals surface area contributed by atoms with Gasteiger partial charge in [0.05, 0.1) is 42.4 Å². The summed E-state index contributed by atoms with van der Waals surface area (Å²) in [6, 6.07) is 7.13. The number of hydrogen-bond acceptors (Lipinski definition) is 11. The number of amides is 1. The van der Waals surface area contributed by atoms with Crippen molar-refractivity contribution in [2.45, 2.75) is 135 Å². The second kappa shape index (κ2) is 17.3. The number of fused-ring (bicyclic) bond motifs is 1. The summed E-state index contributed by atoms with van der Waals surface area (Å²) >= 11 is 1.49. The number of carbonyl (C=O) groups excluding carboxylic acids is 3. The Morgan fingerprint density at radius 2 is 1.85 bits per heavy atom. The van der Waals surface area contributed by atoms with Crippen molar-refractivity contribution < 1.29 is 38.1 Å². The molecule has 0 radical (unpaired) electrons. The Labute approximate surface area is 352 Å². The number of thiazole rings is 1. The van der Waals surface area contributed by atoms with Crippen molar-refractivity contribution in [2.24, 2.45) is 23.2 Å². The molecule has 2 N–H and O–H groups in total. The number of ketones is 1. The maximum absolute atomic E-state index is 14.9. The van der Waals surface area contributed by atoms with E-state index in [1.165, 1.54) is 11.3 Å². The van der Waals surface area contributed by atoms with Gasteiger partial charge in [-0.1, -0.05) is 26.8 Å². The molecule has 3 aliphatic carbocycles. The minimum atomic E-state index is -3.65. The lowest BCUT2D eigenvalue weighted by Crippen LogP contribution is -2.46. The summed E-state index contributed by atoms with van der Waals surface area (Å²) in [4.78, 5) is 65.3. The fraction of sp³-hybridized carbons (Fsp3) is 0.622. The highest BCUT2D eigenvalue weighted by molar-refractivity contribution is 7.60. The lowest BCUT2D eigenvalue weighted by Gasteiger charge is -2.35. The number of Topliss-reactive ketones (excluding diaryl/α,β-unsaturated/α-hetero) is 1. The molecule has 3 aromatic rings. The Morgan fingerprint density at radius 1 is 1.10 bits per heavy atom. The second-order valence-corrected chi connectivity index (χ2v) is 22.3. The van der Waals surface area contributed by atoms with E-state index in [1.807, 2.05) is 50.4 Å². The quantitative estimate of drug-likeness (QED) is 0.0715. The highest BCUT2D eigenvalue weighted by Crippen LogP contribution is 2.74. The number of rotatable bonds is 18. The van der Waals surface area contributed by atoms with Gasteiger partial charge in [-0.05, 0) is 88.2 Å². The number of allylic oxidation sites excluding steroid dienone is 1. The van der Waals surface area contributed by atoms with Gasteiger partial charge in [0.15, 0.2) is 5.13 Å². The molecular formula is C45H61N4O8PS. The molecule has 0 spiro atoms. The number of aromatic nitrogens is 2. The number of pyridine rings is 1. The Kier molecular flexibility index (Phi) is 12.7. The van der Waals surface area contributed by atoms with Crippen molar-refractivity contribution in [1.29, 1.82) is 0 Å². The third-order valence-electron chi connectivity index (χ3n) is 12.7. The smallest absolute Gasteiger partial charge is 0.306 e. The standard InChI is InChI=1S/C45H61N4O8PS/c1-8-29-22-45(29,58(53,54)25-28-13-14-28)23-31(50)17-30-18-34(24-49(30)42(52)36(44(4,5)6)20-41(51)57-32-11-9-10-12-32)56-40-21-38(39-26-59-43(48-39)46-27(2)3)47-37-19-33(55-7)15-16-35(37)40/h8,15-16,19,21,26-30,32,34,36H,1,9-14,17-18,20,22-25H2,2-7H3,(H,46,48)(H,53,54)/t29-,30?,34-,36-,45-/m1/s1. The van der Waals surface area contributed by atoms with Gasteiger partial charge in [-0.3, -0.25) is 18.9 Å². The molecule has 1 aromatic carbocycles. The van der Waals surface area contributed by atoms with Crippen LogP contribution in [0.15, 0.2) is 42.3 Å². The van der Waals surface area contributed by atoms with Crippen LogP contribution in [0.5, 0.6) is 11.5 Å². The van der Waals surface area contributed by atoms with E-state index in [9.17, 15) is 23.8 Å². The van der Waals surface area contributed by atoms with Crippen LogP contribution in [-0.4, -0.2) is 86.7 Å². The lowest BCUT2D eigenvalue weighted by atomic mass is 9.77. The average molecular weight is 849 g/mol. The Bertz CT molecular complexity index is 2110. The molecule has 1 saturated heterocycles. The number of methoxy groups -OCH3 is 1. The highest BCUT2D eigenvalue weighted by Gasteiger charge is 2.65. The molecule has 320 valence electrons. The van der Waals surface area contributed by atoms with Gasteiger partial charge in [-0.15, -0.1) is 17.9 Å². The normalized spacial score (nSPS) is 24.8. The summed E-state index contributed by atoms with van der Waals surface area (Å²) in [6.07, 6.45) is 7.65. The zero-order valence-electron chi connectivity index (χ0n) is 35.4. The molecule has 4 aliphatic rings. The Morgan fingerprint density at radius 3 is 2.49 bits per heavy atom. The number of hydrogen-bond donors (Lipinski definition) is 2. The molecule has 7 rings (SSSR count). The predicted molar refractivity (Wildman–Crippen MR) is 231 cm³/mol. The van der Waals surface area contributed by atoms with Gasteiger partial charge in [-0.2, -0.15) is 0 Å². The summed E-state index contributed by atoms with van der Waals surface area (Å²) in [5.41, 5.74) is 1.37. The van der Waals surface area contributed by atoms with Crippen LogP contribution in [0.2, 0.25) is 0 Å². The maximum Gasteiger partial charge on any atom is 0.306 e. The van der Waals surface area contributed by atoms with Crippen LogP contribution in [-0.2, 0) is 23.7 Å². The van der Waals surface area contributed by atoms with Gasteiger partial charge in [0.1, 0.15) is 35.2 Å². The van der Waals surface area contributed by atoms with Crippen LogP contribution >= 0.6 is 18.7 Å². The van der Waals surface area contributed by atoms with E-state index in [0.29, 0.717) is 41.2 Å². The van der Waals surface area contributed by atoms with Gasteiger partial charge in [0, 0.05) is 60.4 Å². The molecule has 0 bridgehead atoms. The molecule has 1 aliphatic heterocycles. The third kappa shape index (κ3) is 9.89. The second-order valence-electron chi connectivity index (χ2n) is 18.8. The van der Waals surface area contributed by atoms with Crippen molar-refractivity contribution in [3.05, 3.63) is 42.3 Å². The SMILES string of the molecule is C=C[C@@H]1C[C@]1(CC(=O)CC1C[C@@H](Oc2cc(-c3csc(NC(C)C)n3)nc3cc(OC)ccc23)CN1C(=O)[C@@H](CC(=O)OC1CCCC1)C(C)(C)C)P(=O)(O)CC1CC1. The van der Waals surface area contributed by atoms with Crippen LogP contribution in [0, 0.1) is 23.2 Å². The average Bonchev–Trinajstić information content (AvgIpc) is 3.90. The zero-order valence-corrected chi connectivity index (χ0v) is 37.1. The third-order valence-corrected chi connectivity index (χ3v) is 16.5. The largest absolute Gasteiger partial charge is 0.497 e. The Balaban J connectivity index is 1.18. The van der Waals surface area contributed by atoms with Crippen molar-refractivity contribution in [3.63, 3.8) is 0 Å². The number of esters is 1. The van der Waals surface area contributed by atoms with E-state index in [2.05, 4.69) is 25.7 Å². The van der Waals surface area contributed by atoms with E-state index in [0.717, 1.165) is 49.0 Å². The number of carbonyl (C=O) groups is 3. The van der Waals surface area contributed by atoms with Crippen LogP contribution in [0.4, 0.5) is 5.13 Å². The van der Waals surface area contributed by atoms with E-state index in [-0.39, 0.29) is 73.6 Å². The first-order valence-corrected chi connectivity index (χ1v) is 24.0. The maximum atomic E-state index is 14.9. The molecule has 59 heavy (non-hydrogen) atoms. The number of likely N-dealkylation sites (tertiary alicyclic amines) is 1. The zero-order chi connectivity index (χ0) is 42.3. The van der Waals surface area contributed by atoms with E-state index >= 15 is 0 Å². The van der Waals surface area contributed by atoms with Crippen molar-refractivity contribution in [2.75, 3.05) is 25.1 Å². The Hall–Kier alpha value is -3.80. The first-order valence-electron chi connectivity index (χ1n) is 21.3. The number of nitrogens with one attached hydrogen (secondary N) is 1. The van der Waals surface area contributed by atoms with Gasteiger partial charge >= 0.3 is 5.97 Å². The molecule has 3 heterocycles. The number of ether oxygens (including phenoxy) is 3. The predicted octanol–water partition coefficient (Wildman–Crippen LogP) is 9.05. The van der Waals surface area contributed by atoms with Gasteiger partial charge < -0.3 is 29.3 Å². The highest BCUT2D eigenvalue weighted by atomic mass is 32.1. The summed E-state index contributed by atoms with van der Waals surface area (Å²) in [7, 11) is -2.04. The van der Waals surface area contributed by atoms with Gasteiger partial charge in [-0.25, -0.2) is 9.97 Å². The van der Waals surface area contributed by atoms with Crippen molar-refractivity contribution in [3.8, 4) is 22.9 Å². The number of nitrogens with zero attached hydrogens (tertiary/aromatic N) is 3. The minimum absolute atomic E-state index is 0.00795. The molecular weight excluding hydrogens is 788 g/mol. The fourth-order valence-electron chi connectivity index (χ4n) is 9.07. The lowest BCUT2D eigenvalue weighted by molar-refractivity contribution is -0.156. The van der Waals surface area contributed by atoms with Crippen LogP contribution in [0.25, 0.3) is 22.3 Å². The van der Waals surface area contributed by atoms with Gasteiger partial charge in [0.25, 0.3) is 0 Å². The van der Waals surface area contributed by atoms with Crippen molar-refractivity contribution in [1.82, 2.24) is 14.9 Å². The molecule has 1 amide bonds. The molecule has 12 nitrogen and oxygen atoms in total. The van der Waals surface area contributed by atoms with Crippen molar-refractivity contribution >= 4 is 52.4 Å². The molecule has 4 fully saturated rings. The van der Waals surface area contributed by atoms with E-state index in [1.54, 1.807) is 18.1 Å². The monoisotopic (exact) mass is 848 g/mol. The van der Waals surface area contributed by atoms with Crippen LogP contribution < -0.4 is 14.8 Å². The van der Waals surface area contributed by atoms with E-state index in [4.69, 9.17) is 24.2 Å². The molecule has 14 heteroatoms. The summed E-state index contributed by atoms with van der Waals surface area (Å²) < 4.78 is 32.1. The molecule has 6 atom stereocenters. The van der Waals surface area contributed by atoms with Crippen LogP contribution in [0.1, 0.15) is 105 Å². The summed E-state index contributed by atoms with van der Waals surface area (Å²) in [6.45, 7) is 14.1. The fourth-order valence-corrected chi connectivity index (χ4v) is 12.9. The molecule has 2 aromatic heterocycles. The minimum Gasteiger partial charge on any atom is -0.497 e. The number of benzene rings is 1. The van der Waals surface area contributed by atoms with Crippen LogP contribution in [0.3, 0.4) is 0 Å². The first kappa shape index (κ1) is 43.3. The molecule has 3 saturated carbocycles. The topological polar surface area (TPSA) is 157 Å². The number of anilines is 1. The summed E-state index contributed by atoms with van der Waals surface area (Å²) in [5, 5.41) is 5.84. The van der Waals surface area contributed by atoms with E-state index < -0.39 is 36.0 Å². The first-order chi connectivity index (χ1) is 28.0.